The Labute approximate surface area is 130 Å². The summed E-state index contributed by atoms with van der Waals surface area (Å²) in [7, 11) is 0. The molecule has 0 fully saturated rings. The molecule has 0 bridgehead atoms. The molecule has 1 aromatic rings. The number of hydrogen-bond acceptors (Lipinski definition) is 1. The van der Waals surface area contributed by atoms with Crippen molar-refractivity contribution in [3.05, 3.63) is 53.6 Å². The van der Waals surface area contributed by atoms with E-state index in [2.05, 4.69) is 55.9 Å². The fraction of sp³-hybridized carbons (Fsp3) is 0.450. The SMILES string of the molecule is C=C(/C=C\C)CCCC=Nc1cc(CCCC)ccc1C. The van der Waals surface area contributed by atoms with Crippen LogP contribution in [-0.2, 0) is 6.42 Å². The van der Waals surface area contributed by atoms with Crippen LogP contribution in [0.2, 0.25) is 0 Å². The summed E-state index contributed by atoms with van der Waals surface area (Å²) in [4.78, 5) is 4.64. The summed E-state index contributed by atoms with van der Waals surface area (Å²) in [6.45, 7) is 10.4. The van der Waals surface area contributed by atoms with Crippen LogP contribution in [-0.4, -0.2) is 6.21 Å². The highest BCUT2D eigenvalue weighted by Gasteiger charge is 1.99. The van der Waals surface area contributed by atoms with Crippen molar-refractivity contribution in [3.8, 4) is 0 Å². The van der Waals surface area contributed by atoms with Gasteiger partial charge in [-0.05, 0) is 63.1 Å². The topological polar surface area (TPSA) is 12.4 Å². The van der Waals surface area contributed by atoms with Crippen LogP contribution in [0.1, 0.15) is 57.1 Å². The first-order valence-corrected chi connectivity index (χ1v) is 8.10. The van der Waals surface area contributed by atoms with Crippen molar-refractivity contribution < 1.29 is 0 Å². The van der Waals surface area contributed by atoms with Gasteiger partial charge < -0.3 is 0 Å². The molecule has 0 N–H and O–H groups in total. The first-order valence-electron chi connectivity index (χ1n) is 8.10. The molecule has 1 rings (SSSR count). The molecule has 0 saturated heterocycles. The second-order valence-electron chi connectivity index (χ2n) is 5.59. The molecule has 0 heterocycles. The Morgan fingerprint density at radius 3 is 2.81 bits per heavy atom. The number of rotatable bonds is 9. The molecule has 0 aliphatic carbocycles. The van der Waals surface area contributed by atoms with Crippen molar-refractivity contribution in [1.29, 1.82) is 0 Å². The predicted molar refractivity (Wildman–Crippen MR) is 95.7 cm³/mol. The number of nitrogens with zero attached hydrogens (tertiary/aromatic N) is 1. The fourth-order valence-electron chi connectivity index (χ4n) is 2.23. The van der Waals surface area contributed by atoms with E-state index in [1.165, 1.54) is 29.5 Å². The lowest BCUT2D eigenvalue weighted by atomic mass is 10.1. The van der Waals surface area contributed by atoms with E-state index in [0.717, 1.165) is 31.4 Å². The van der Waals surface area contributed by atoms with Crippen LogP contribution in [0.25, 0.3) is 0 Å². The number of hydrogen-bond donors (Lipinski definition) is 0. The van der Waals surface area contributed by atoms with Gasteiger partial charge in [-0.25, -0.2) is 0 Å². The fourth-order valence-corrected chi connectivity index (χ4v) is 2.23. The smallest absolute Gasteiger partial charge is 0.0657 e. The molecule has 21 heavy (non-hydrogen) atoms. The van der Waals surface area contributed by atoms with Gasteiger partial charge in [-0.3, -0.25) is 4.99 Å². The number of aryl methyl sites for hydroxylation is 2. The Morgan fingerprint density at radius 1 is 1.29 bits per heavy atom. The molecule has 0 aliphatic rings. The third-order valence-corrected chi connectivity index (χ3v) is 3.56. The van der Waals surface area contributed by atoms with Gasteiger partial charge >= 0.3 is 0 Å². The molecule has 0 unspecified atom stereocenters. The van der Waals surface area contributed by atoms with Crippen molar-refractivity contribution in [3.63, 3.8) is 0 Å². The van der Waals surface area contributed by atoms with Crippen molar-refractivity contribution in [2.24, 2.45) is 4.99 Å². The third kappa shape index (κ3) is 7.08. The lowest BCUT2D eigenvalue weighted by molar-refractivity contribution is 0.795. The van der Waals surface area contributed by atoms with Gasteiger partial charge in [0, 0.05) is 6.21 Å². The highest BCUT2D eigenvalue weighted by atomic mass is 14.7. The molecule has 1 nitrogen and oxygen atoms in total. The molecule has 1 aromatic carbocycles. The maximum absolute atomic E-state index is 4.64. The number of unbranched alkanes of at least 4 members (excludes halogenated alkanes) is 2. The van der Waals surface area contributed by atoms with Crippen LogP contribution in [0.3, 0.4) is 0 Å². The van der Waals surface area contributed by atoms with Crippen LogP contribution in [0, 0.1) is 6.92 Å². The predicted octanol–water partition coefficient (Wildman–Crippen LogP) is 6.34. The van der Waals surface area contributed by atoms with E-state index in [0.29, 0.717) is 0 Å². The van der Waals surface area contributed by atoms with Gasteiger partial charge in [-0.2, -0.15) is 0 Å². The summed E-state index contributed by atoms with van der Waals surface area (Å²) < 4.78 is 0. The van der Waals surface area contributed by atoms with Gasteiger partial charge in [-0.15, -0.1) is 0 Å². The third-order valence-electron chi connectivity index (χ3n) is 3.56. The molecule has 0 aromatic heterocycles. The van der Waals surface area contributed by atoms with Gasteiger partial charge in [0.05, 0.1) is 5.69 Å². The lowest BCUT2D eigenvalue weighted by Gasteiger charge is -2.05. The minimum Gasteiger partial charge on any atom is -0.261 e. The van der Waals surface area contributed by atoms with E-state index >= 15 is 0 Å². The van der Waals surface area contributed by atoms with E-state index < -0.39 is 0 Å². The second kappa shape index (κ2) is 10.1. The minimum absolute atomic E-state index is 1.01. The summed E-state index contributed by atoms with van der Waals surface area (Å²) >= 11 is 0. The quantitative estimate of drug-likeness (QED) is 0.285. The zero-order chi connectivity index (χ0) is 15.5. The Bertz CT molecular complexity index is 495. The largest absolute Gasteiger partial charge is 0.261 e. The molecular weight excluding hydrogens is 254 g/mol. The van der Waals surface area contributed by atoms with Crippen LogP contribution in [0.15, 0.2) is 47.5 Å². The molecule has 114 valence electrons. The molecule has 0 spiro atoms. The van der Waals surface area contributed by atoms with Crippen molar-refractivity contribution in [1.82, 2.24) is 0 Å². The Kier molecular flexibility index (Phi) is 8.42. The van der Waals surface area contributed by atoms with E-state index in [9.17, 15) is 0 Å². The Morgan fingerprint density at radius 2 is 2.10 bits per heavy atom. The standard InChI is InChI=1S/C20H29N/c1-5-7-12-19-14-13-18(4)20(16-19)21-15-9-8-11-17(3)10-6-2/h6,10,13-16H,3,5,7-9,11-12H2,1-2,4H3/b10-6-,21-15?. The second-order valence-corrected chi connectivity index (χ2v) is 5.59. The summed E-state index contributed by atoms with van der Waals surface area (Å²) in [6, 6.07) is 6.65. The van der Waals surface area contributed by atoms with E-state index in [-0.39, 0.29) is 0 Å². The van der Waals surface area contributed by atoms with E-state index in [1.54, 1.807) is 0 Å². The van der Waals surface area contributed by atoms with Crippen LogP contribution < -0.4 is 0 Å². The summed E-state index contributed by atoms with van der Waals surface area (Å²) in [5.74, 6) is 0. The summed E-state index contributed by atoms with van der Waals surface area (Å²) in [6.07, 6.45) is 13.0. The van der Waals surface area contributed by atoms with Crippen molar-refractivity contribution in [2.45, 2.75) is 59.3 Å². The van der Waals surface area contributed by atoms with Crippen LogP contribution in [0.5, 0.6) is 0 Å². The van der Waals surface area contributed by atoms with E-state index in [4.69, 9.17) is 0 Å². The number of aliphatic imine (C=N–C) groups is 1. The first-order chi connectivity index (χ1) is 10.2. The molecule has 1 heteroatoms. The highest BCUT2D eigenvalue weighted by Crippen LogP contribution is 2.21. The minimum atomic E-state index is 1.01. The molecule has 0 saturated carbocycles. The van der Waals surface area contributed by atoms with Gasteiger partial charge in [0.15, 0.2) is 0 Å². The molecule has 0 atom stereocenters. The molecule has 0 aliphatic heterocycles. The Hall–Kier alpha value is -1.63. The maximum Gasteiger partial charge on any atom is 0.0657 e. The molecular formula is C20H29N. The normalized spacial score (nSPS) is 11.6. The molecule has 0 radical (unpaired) electrons. The average Bonchev–Trinajstić information content (AvgIpc) is 2.47. The van der Waals surface area contributed by atoms with Crippen LogP contribution in [0.4, 0.5) is 5.69 Å². The molecule has 0 amide bonds. The number of benzene rings is 1. The summed E-state index contributed by atoms with van der Waals surface area (Å²) in [5.41, 5.74) is 4.97. The van der Waals surface area contributed by atoms with Gasteiger partial charge in [0.1, 0.15) is 0 Å². The van der Waals surface area contributed by atoms with Crippen LogP contribution >= 0.6 is 0 Å². The number of allylic oxidation sites excluding steroid dienone is 3. The average molecular weight is 283 g/mol. The zero-order valence-corrected chi connectivity index (χ0v) is 13.9. The van der Waals surface area contributed by atoms with E-state index in [1.807, 2.05) is 13.0 Å². The monoisotopic (exact) mass is 283 g/mol. The van der Waals surface area contributed by atoms with Gasteiger partial charge in [0.2, 0.25) is 0 Å². The van der Waals surface area contributed by atoms with Crippen molar-refractivity contribution in [2.75, 3.05) is 0 Å². The van der Waals surface area contributed by atoms with Gasteiger partial charge in [-0.1, -0.05) is 49.8 Å². The highest BCUT2D eigenvalue weighted by molar-refractivity contribution is 5.65. The summed E-state index contributed by atoms with van der Waals surface area (Å²) in [5, 5.41) is 0. The Balaban J connectivity index is 2.49. The zero-order valence-electron chi connectivity index (χ0n) is 13.9. The first kappa shape index (κ1) is 17.4. The maximum atomic E-state index is 4.64. The van der Waals surface area contributed by atoms with Crippen molar-refractivity contribution >= 4 is 11.9 Å². The lowest BCUT2D eigenvalue weighted by Crippen LogP contribution is -1.86. The van der Waals surface area contributed by atoms with Gasteiger partial charge in [0.25, 0.3) is 0 Å².